The smallest absolute Gasteiger partial charge is 0.113 e. The van der Waals surface area contributed by atoms with Crippen LogP contribution >= 0.6 is 0 Å². The highest BCUT2D eigenvalue weighted by atomic mass is 15.4. The Hall–Kier alpha value is -1.38. The van der Waals surface area contributed by atoms with Crippen LogP contribution in [0.4, 0.5) is 0 Å². The van der Waals surface area contributed by atoms with Crippen molar-refractivity contribution in [2.75, 3.05) is 0 Å². The highest BCUT2D eigenvalue weighted by molar-refractivity contribution is 5.75. The molecule has 1 unspecified atom stereocenters. The van der Waals surface area contributed by atoms with Gasteiger partial charge in [-0.25, -0.2) is 4.68 Å². The van der Waals surface area contributed by atoms with Crippen molar-refractivity contribution < 1.29 is 0 Å². The average Bonchev–Trinajstić information content (AvgIpc) is 2.59. The van der Waals surface area contributed by atoms with Crippen molar-refractivity contribution in [3.63, 3.8) is 0 Å². The third kappa shape index (κ3) is 1.39. The zero-order valence-corrected chi connectivity index (χ0v) is 8.86. The van der Waals surface area contributed by atoms with Crippen LogP contribution in [0.3, 0.4) is 0 Å². The van der Waals surface area contributed by atoms with Gasteiger partial charge in [0.25, 0.3) is 0 Å². The Morgan fingerprint density at radius 3 is 2.93 bits per heavy atom. The van der Waals surface area contributed by atoms with E-state index < -0.39 is 0 Å². The molecule has 1 aromatic heterocycles. The number of rotatable bonds is 2. The highest BCUT2D eigenvalue weighted by Crippen LogP contribution is 2.18. The lowest BCUT2D eigenvalue weighted by atomic mass is 10.2. The second kappa shape index (κ2) is 3.40. The summed E-state index contributed by atoms with van der Waals surface area (Å²) < 4.78 is 2.00. The van der Waals surface area contributed by atoms with Gasteiger partial charge in [-0.2, -0.15) is 0 Å². The highest BCUT2D eigenvalue weighted by Gasteiger charge is 2.08. The van der Waals surface area contributed by atoms with Gasteiger partial charge >= 0.3 is 0 Å². The van der Waals surface area contributed by atoms with Gasteiger partial charge in [0, 0.05) is 0 Å². The molecule has 3 heteroatoms. The van der Waals surface area contributed by atoms with Crippen molar-refractivity contribution in [2.24, 2.45) is 0 Å². The number of nitrogens with zero attached hydrogens (tertiary/aromatic N) is 3. The zero-order chi connectivity index (χ0) is 10.1. The molecule has 0 spiro atoms. The zero-order valence-electron chi connectivity index (χ0n) is 8.86. The standard InChI is InChI=1S/C11H15N3/c1-4-9(3)14-11-7-8(2)5-6-10(11)12-13-14/h5-7,9H,4H2,1-3H3. The van der Waals surface area contributed by atoms with Crippen molar-refractivity contribution in [3.05, 3.63) is 23.8 Å². The molecule has 0 aliphatic heterocycles. The van der Waals surface area contributed by atoms with Crippen molar-refractivity contribution in [1.29, 1.82) is 0 Å². The van der Waals surface area contributed by atoms with Crippen molar-refractivity contribution in [3.8, 4) is 0 Å². The number of hydrogen-bond acceptors (Lipinski definition) is 2. The molecule has 74 valence electrons. The molecule has 0 bridgehead atoms. The molecule has 0 aliphatic rings. The van der Waals surface area contributed by atoms with Crippen molar-refractivity contribution in [2.45, 2.75) is 33.2 Å². The Bertz CT molecular complexity index is 445. The van der Waals surface area contributed by atoms with E-state index in [1.165, 1.54) is 5.56 Å². The van der Waals surface area contributed by atoms with Gasteiger partial charge in [-0.3, -0.25) is 0 Å². The summed E-state index contributed by atoms with van der Waals surface area (Å²) in [5, 5.41) is 8.32. The number of fused-ring (bicyclic) bond motifs is 1. The minimum absolute atomic E-state index is 0.418. The van der Waals surface area contributed by atoms with E-state index in [0.29, 0.717) is 6.04 Å². The monoisotopic (exact) mass is 189 g/mol. The Balaban J connectivity index is 2.61. The minimum atomic E-state index is 0.418. The van der Waals surface area contributed by atoms with Crippen LogP contribution in [0.5, 0.6) is 0 Å². The van der Waals surface area contributed by atoms with Gasteiger partial charge < -0.3 is 0 Å². The molecule has 0 radical (unpaired) electrons. The molecule has 0 N–H and O–H groups in total. The molecule has 1 atom stereocenters. The van der Waals surface area contributed by atoms with Gasteiger partial charge in [0.1, 0.15) is 5.52 Å². The molecule has 14 heavy (non-hydrogen) atoms. The molecule has 2 rings (SSSR count). The lowest BCUT2D eigenvalue weighted by molar-refractivity contribution is 0.478. The summed E-state index contributed by atoms with van der Waals surface area (Å²) in [4.78, 5) is 0. The SMILES string of the molecule is CCC(C)n1nnc2ccc(C)cc21. The van der Waals surface area contributed by atoms with Gasteiger partial charge in [0.2, 0.25) is 0 Å². The molecular weight excluding hydrogens is 174 g/mol. The van der Waals surface area contributed by atoms with E-state index in [9.17, 15) is 0 Å². The molecule has 0 amide bonds. The summed E-state index contributed by atoms with van der Waals surface area (Å²) in [5.74, 6) is 0. The predicted octanol–water partition coefficient (Wildman–Crippen LogP) is 2.71. The third-order valence-electron chi connectivity index (χ3n) is 2.63. The van der Waals surface area contributed by atoms with Gasteiger partial charge in [-0.05, 0) is 38.0 Å². The summed E-state index contributed by atoms with van der Waals surface area (Å²) in [6.07, 6.45) is 1.08. The molecule has 3 nitrogen and oxygen atoms in total. The Morgan fingerprint density at radius 2 is 2.21 bits per heavy atom. The molecule has 0 saturated heterocycles. The maximum absolute atomic E-state index is 4.17. The Morgan fingerprint density at radius 1 is 1.43 bits per heavy atom. The van der Waals surface area contributed by atoms with E-state index in [1.807, 2.05) is 10.7 Å². The summed E-state index contributed by atoms with van der Waals surface area (Å²) >= 11 is 0. The Labute approximate surface area is 83.7 Å². The van der Waals surface area contributed by atoms with Crippen LogP contribution in [-0.2, 0) is 0 Å². The first kappa shape index (κ1) is 9.19. The Kier molecular flexibility index (Phi) is 2.23. The third-order valence-corrected chi connectivity index (χ3v) is 2.63. The molecule has 1 aromatic carbocycles. The first-order chi connectivity index (χ1) is 6.72. The number of hydrogen-bond donors (Lipinski definition) is 0. The van der Waals surface area contributed by atoms with Gasteiger partial charge in [0.05, 0.1) is 11.6 Å². The van der Waals surface area contributed by atoms with Gasteiger partial charge in [0.15, 0.2) is 0 Å². The summed E-state index contributed by atoms with van der Waals surface area (Å²) in [7, 11) is 0. The molecule has 1 heterocycles. The summed E-state index contributed by atoms with van der Waals surface area (Å²) in [6.45, 7) is 6.41. The van der Waals surface area contributed by atoms with Crippen LogP contribution in [-0.4, -0.2) is 15.0 Å². The van der Waals surface area contributed by atoms with Crippen LogP contribution in [0.1, 0.15) is 31.9 Å². The van der Waals surface area contributed by atoms with E-state index >= 15 is 0 Å². The summed E-state index contributed by atoms with van der Waals surface area (Å²) in [5.41, 5.74) is 3.37. The fraction of sp³-hybridized carbons (Fsp3) is 0.455. The predicted molar refractivity (Wildman–Crippen MR) is 57.3 cm³/mol. The van der Waals surface area contributed by atoms with E-state index in [-0.39, 0.29) is 0 Å². The fourth-order valence-corrected chi connectivity index (χ4v) is 1.54. The molecule has 2 aromatic rings. The van der Waals surface area contributed by atoms with E-state index in [1.54, 1.807) is 0 Å². The minimum Gasteiger partial charge on any atom is -0.242 e. The topological polar surface area (TPSA) is 30.7 Å². The fourth-order valence-electron chi connectivity index (χ4n) is 1.54. The molecular formula is C11H15N3. The van der Waals surface area contributed by atoms with Gasteiger partial charge in [-0.15, -0.1) is 5.10 Å². The molecule has 0 fully saturated rings. The first-order valence-corrected chi connectivity index (χ1v) is 5.04. The van der Waals surface area contributed by atoms with Crippen LogP contribution in [0.15, 0.2) is 18.2 Å². The maximum Gasteiger partial charge on any atom is 0.113 e. The lowest BCUT2D eigenvalue weighted by Gasteiger charge is -2.08. The van der Waals surface area contributed by atoms with Crippen molar-refractivity contribution >= 4 is 11.0 Å². The number of aromatic nitrogens is 3. The second-order valence-electron chi connectivity index (χ2n) is 3.78. The van der Waals surface area contributed by atoms with E-state index in [4.69, 9.17) is 0 Å². The maximum atomic E-state index is 4.17. The van der Waals surface area contributed by atoms with Crippen molar-refractivity contribution in [1.82, 2.24) is 15.0 Å². The van der Waals surface area contributed by atoms with Crippen LogP contribution < -0.4 is 0 Å². The molecule has 0 aliphatic carbocycles. The summed E-state index contributed by atoms with van der Waals surface area (Å²) in [6, 6.07) is 6.65. The van der Waals surface area contributed by atoms with Crippen LogP contribution in [0, 0.1) is 6.92 Å². The second-order valence-corrected chi connectivity index (χ2v) is 3.78. The van der Waals surface area contributed by atoms with E-state index in [2.05, 4.69) is 43.2 Å². The van der Waals surface area contributed by atoms with Gasteiger partial charge in [-0.1, -0.05) is 18.2 Å². The van der Waals surface area contributed by atoms with E-state index in [0.717, 1.165) is 17.5 Å². The first-order valence-electron chi connectivity index (χ1n) is 5.04. The van der Waals surface area contributed by atoms with Crippen LogP contribution in [0.2, 0.25) is 0 Å². The number of aryl methyl sites for hydroxylation is 1. The average molecular weight is 189 g/mol. The normalized spacial score (nSPS) is 13.4. The lowest BCUT2D eigenvalue weighted by Crippen LogP contribution is -2.05. The van der Waals surface area contributed by atoms with Crippen LogP contribution in [0.25, 0.3) is 11.0 Å². The molecule has 0 saturated carbocycles. The quantitative estimate of drug-likeness (QED) is 0.727. The number of benzene rings is 1. The largest absolute Gasteiger partial charge is 0.242 e.